The Balaban J connectivity index is 2.53. The van der Waals surface area contributed by atoms with E-state index in [1.807, 2.05) is 6.92 Å². The molecule has 1 aliphatic heterocycles. The van der Waals surface area contributed by atoms with Gasteiger partial charge in [0.15, 0.2) is 6.10 Å². The lowest BCUT2D eigenvalue weighted by Crippen LogP contribution is -2.52. The molecule has 1 aromatic carbocycles. The van der Waals surface area contributed by atoms with Crippen LogP contribution < -0.4 is 9.64 Å². The van der Waals surface area contributed by atoms with Crippen molar-refractivity contribution >= 4 is 29.2 Å². The van der Waals surface area contributed by atoms with E-state index in [9.17, 15) is 9.59 Å². The van der Waals surface area contributed by atoms with Crippen molar-refractivity contribution in [1.82, 2.24) is 0 Å². The van der Waals surface area contributed by atoms with E-state index in [4.69, 9.17) is 21.4 Å². The van der Waals surface area contributed by atoms with Gasteiger partial charge in [-0.05, 0) is 31.5 Å². The van der Waals surface area contributed by atoms with Crippen molar-refractivity contribution in [3.05, 3.63) is 23.2 Å². The SMILES string of the molecule is CCC1Oc2ccc(Cl)cc2N(C(C)C(=O)O)C1=O. The minimum absolute atomic E-state index is 0.354. The first-order valence-electron chi connectivity index (χ1n) is 5.97. The summed E-state index contributed by atoms with van der Waals surface area (Å²) in [5.41, 5.74) is 0.400. The normalized spacial score (nSPS) is 19.6. The molecule has 0 aliphatic carbocycles. The molecule has 5 nitrogen and oxygen atoms in total. The molecule has 102 valence electrons. The molecule has 1 aromatic rings. The largest absolute Gasteiger partial charge is 0.480 e. The third-order valence-corrected chi connectivity index (χ3v) is 3.31. The topological polar surface area (TPSA) is 66.8 Å². The maximum absolute atomic E-state index is 12.3. The Hall–Kier alpha value is -1.75. The van der Waals surface area contributed by atoms with Gasteiger partial charge in [0, 0.05) is 5.02 Å². The number of anilines is 1. The minimum atomic E-state index is -1.07. The molecular weight excluding hydrogens is 270 g/mol. The number of carbonyl (C=O) groups is 2. The molecule has 1 N–H and O–H groups in total. The number of nitrogens with zero attached hydrogens (tertiary/aromatic N) is 1. The van der Waals surface area contributed by atoms with Crippen molar-refractivity contribution in [3.8, 4) is 5.75 Å². The first-order chi connectivity index (χ1) is 8.95. The number of carboxylic acids is 1. The molecule has 2 atom stereocenters. The summed E-state index contributed by atoms with van der Waals surface area (Å²) in [5, 5.41) is 9.56. The van der Waals surface area contributed by atoms with Crippen LogP contribution >= 0.6 is 11.6 Å². The van der Waals surface area contributed by atoms with Gasteiger partial charge in [0.25, 0.3) is 5.91 Å². The van der Waals surface area contributed by atoms with Gasteiger partial charge in [-0.15, -0.1) is 0 Å². The number of aliphatic carboxylic acids is 1. The summed E-state index contributed by atoms with van der Waals surface area (Å²) in [7, 11) is 0. The smallest absolute Gasteiger partial charge is 0.326 e. The lowest BCUT2D eigenvalue weighted by atomic mass is 10.1. The number of carboxylic acid groups (broad SMARTS) is 1. The zero-order chi connectivity index (χ0) is 14.2. The molecule has 0 bridgehead atoms. The lowest BCUT2D eigenvalue weighted by molar-refractivity contribution is -0.140. The quantitative estimate of drug-likeness (QED) is 0.924. The van der Waals surface area contributed by atoms with Gasteiger partial charge in [-0.2, -0.15) is 0 Å². The fourth-order valence-corrected chi connectivity index (χ4v) is 2.19. The summed E-state index contributed by atoms with van der Waals surface area (Å²) in [6.45, 7) is 3.27. The van der Waals surface area contributed by atoms with Crippen molar-refractivity contribution in [2.24, 2.45) is 0 Å². The molecule has 0 saturated carbocycles. The predicted molar refractivity (Wildman–Crippen MR) is 70.7 cm³/mol. The lowest BCUT2D eigenvalue weighted by Gasteiger charge is -2.36. The molecule has 1 aliphatic rings. The molecule has 1 amide bonds. The van der Waals surface area contributed by atoms with Gasteiger partial charge >= 0.3 is 5.97 Å². The number of hydrogen-bond acceptors (Lipinski definition) is 3. The molecular formula is C13H14ClNO4. The Bertz CT molecular complexity index is 531. The molecule has 0 spiro atoms. The zero-order valence-electron chi connectivity index (χ0n) is 10.6. The number of hydrogen-bond donors (Lipinski definition) is 1. The van der Waals surface area contributed by atoms with E-state index in [0.29, 0.717) is 22.9 Å². The highest BCUT2D eigenvalue weighted by atomic mass is 35.5. The Morgan fingerprint density at radius 2 is 2.26 bits per heavy atom. The molecule has 6 heteroatoms. The number of amides is 1. The molecule has 2 unspecified atom stereocenters. The molecule has 1 heterocycles. The van der Waals surface area contributed by atoms with Crippen LogP contribution in [0.2, 0.25) is 5.02 Å². The van der Waals surface area contributed by atoms with E-state index >= 15 is 0 Å². The Morgan fingerprint density at radius 3 is 2.84 bits per heavy atom. The number of benzene rings is 1. The van der Waals surface area contributed by atoms with Crippen LogP contribution in [0.3, 0.4) is 0 Å². The third-order valence-electron chi connectivity index (χ3n) is 3.08. The first kappa shape index (κ1) is 13.7. The summed E-state index contributed by atoms with van der Waals surface area (Å²) < 4.78 is 5.57. The second kappa shape index (κ2) is 5.09. The summed E-state index contributed by atoms with van der Waals surface area (Å²) in [6.07, 6.45) is -0.181. The highest BCUT2D eigenvalue weighted by molar-refractivity contribution is 6.31. The van der Waals surface area contributed by atoms with Crippen LogP contribution in [-0.4, -0.2) is 29.1 Å². The molecule has 0 aromatic heterocycles. The van der Waals surface area contributed by atoms with E-state index in [1.165, 1.54) is 11.8 Å². The standard InChI is InChI=1S/C13H14ClNO4/c1-3-10-12(16)15(7(2)13(17)18)9-6-8(14)4-5-11(9)19-10/h4-7,10H,3H2,1-2H3,(H,17,18). The van der Waals surface area contributed by atoms with Gasteiger partial charge < -0.3 is 9.84 Å². The van der Waals surface area contributed by atoms with E-state index in [-0.39, 0.29) is 5.91 Å². The minimum Gasteiger partial charge on any atom is -0.480 e. The van der Waals surface area contributed by atoms with Crippen LogP contribution in [0.15, 0.2) is 18.2 Å². The van der Waals surface area contributed by atoms with Gasteiger partial charge in [-0.25, -0.2) is 4.79 Å². The fraction of sp³-hybridized carbons (Fsp3) is 0.385. The average molecular weight is 284 g/mol. The highest BCUT2D eigenvalue weighted by Crippen LogP contribution is 2.37. The van der Waals surface area contributed by atoms with Crippen LogP contribution in [0.25, 0.3) is 0 Å². The van der Waals surface area contributed by atoms with Crippen molar-refractivity contribution in [2.75, 3.05) is 4.90 Å². The summed E-state index contributed by atoms with van der Waals surface area (Å²) in [5.74, 6) is -0.952. The maximum atomic E-state index is 12.3. The van der Waals surface area contributed by atoms with Crippen molar-refractivity contribution in [1.29, 1.82) is 0 Å². The Morgan fingerprint density at radius 1 is 1.58 bits per heavy atom. The van der Waals surface area contributed by atoms with Crippen molar-refractivity contribution < 1.29 is 19.4 Å². The second-order valence-corrected chi connectivity index (χ2v) is 4.79. The van der Waals surface area contributed by atoms with Crippen LogP contribution in [0.5, 0.6) is 5.75 Å². The van der Waals surface area contributed by atoms with Gasteiger partial charge in [0.1, 0.15) is 11.8 Å². The van der Waals surface area contributed by atoms with Crippen LogP contribution in [0, 0.1) is 0 Å². The third kappa shape index (κ3) is 2.38. The van der Waals surface area contributed by atoms with E-state index in [1.54, 1.807) is 18.2 Å². The molecule has 0 saturated heterocycles. The Labute approximate surface area is 115 Å². The number of ether oxygens (including phenoxy) is 1. The van der Waals surface area contributed by atoms with E-state index in [0.717, 1.165) is 0 Å². The van der Waals surface area contributed by atoms with Gasteiger partial charge in [-0.1, -0.05) is 18.5 Å². The summed E-state index contributed by atoms with van der Waals surface area (Å²) in [4.78, 5) is 24.7. The van der Waals surface area contributed by atoms with Gasteiger partial charge in [0.2, 0.25) is 0 Å². The van der Waals surface area contributed by atoms with Gasteiger partial charge in [-0.3, -0.25) is 9.69 Å². The number of rotatable bonds is 3. The predicted octanol–water partition coefficient (Wildman–Crippen LogP) is 2.32. The van der Waals surface area contributed by atoms with Crippen LogP contribution in [0.1, 0.15) is 20.3 Å². The maximum Gasteiger partial charge on any atom is 0.326 e. The first-order valence-corrected chi connectivity index (χ1v) is 6.35. The summed E-state index contributed by atoms with van der Waals surface area (Å²) >= 11 is 5.90. The van der Waals surface area contributed by atoms with Crippen LogP contribution in [0.4, 0.5) is 5.69 Å². The second-order valence-electron chi connectivity index (χ2n) is 4.35. The monoisotopic (exact) mass is 283 g/mol. The van der Waals surface area contributed by atoms with Gasteiger partial charge in [0.05, 0.1) is 5.69 Å². The zero-order valence-corrected chi connectivity index (χ0v) is 11.3. The van der Waals surface area contributed by atoms with Crippen molar-refractivity contribution in [3.63, 3.8) is 0 Å². The number of halogens is 1. The number of carbonyl (C=O) groups excluding carboxylic acids is 1. The molecule has 0 radical (unpaired) electrons. The van der Waals surface area contributed by atoms with Crippen LogP contribution in [-0.2, 0) is 9.59 Å². The average Bonchev–Trinajstić information content (AvgIpc) is 2.37. The highest BCUT2D eigenvalue weighted by Gasteiger charge is 2.38. The fourth-order valence-electron chi connectivity index (χ4n) is 2.02. The Kier molecular flexibility index (Phi) is 3.66. The summed E-state index contributed by atoms with van der Waals surface area (Å²) in [6, 6.07) is 3.86. The number of fused-ring (bicyclic) bond motifs is 1. The molecule has 2 rings (SSSR count). The van der Waals surface area contributed by atoms with E-state index in [2.05, 4.69) is 0 Å². The van der Waals surface area contributed by atoms with E-state index < -0.39 is 18.1 Å². The molecule has 0 fully saturated rings. The van der Waals surface area contributed by atoms with Crippen molar-refractivity contribution in [2.45, 2.75) is 32.4 Å². The molecule has 19 heavy (non-hydrogen) atoms.